The van der Waals surface area contributed by atoms with Crippen LogP contribution in [0.3, 0.4) is 0 Å². The van der Waals surface area contributed by atoms with E-state index in [0.717, 1.165) is 6.07 Å². The number of rotatable bonds is 2. The summed E-state index contributed by atoms with van der Waals surface area (Å²) in [6.07, 6.45) is -1.19. The van der Waals surface area contributed by atoms with Crippen LogP contribution >= 0.6 is 0 Å². The maximum atomic E-state index is 12.3. The molecule has 0 aliphatic carbocycles. The number of benzene rings is 2. The number of Topliss-reactive ketones (excluding diaryl/α,β-unsaturated/α-hetero) is 2. The smallest absolute Gasteiger partial charge is 0.248 e. The molecule has 0 spiro atoms. The van der Waals surface area contributed by atoms with E-state index in [1.807, 2.05) is 0 Å². The lowest BCUT2D eigenvalue weighted by Crippen LogP contribution is -2.32. The van der Waals surface area contributed by atoms with Crippen molar-refractivity contribution in [3.63, 3.8) is 0 Å². The minimum atomic E-state index is -1.19. The first-order valence-electron chi connectivity index (χ1n) is 6.53. The molecule has 1 aliphatic heterocycles. The molecule has 0 amide bonds. The number of aromatic hydroxyl groups is 2. The predicted octanol–water partition coefficient (Wildman–Crippen LogP) is 1.48. The van der Waals surface area contributed by atoms with E-state index >= 15 is 0 Å². The van der Waals surface area contributed by atoms with Crippen molar-refractivity contribution >= 4 is 11.6 Å². The number of hydrogen-bond donors (Lipinski definition) is 3. The quantitative estimate of drug-likeness (QED) is 0.573. The predicted molar refractivity (Wildman–Crippen MR) is 74.8 cm³/mol. The molecule has 1 atom stereocenters. The van der Waals surface area contributed by atoms with E-state index in [1.54, 1.807) is 30.3 Å². The summed E-state index contributed by atoms with van der Waals surface area (Å²) in [4.78, 5) is 24.6. The third kappa shape index (κ3) is 2.01. The number of carbonyl (C=O) groups excluding carboxylic acids is 2. The summed E-state index contributed by atoms with van der Waals surface area (Å²) in [5, 5.41) is 28.9. The fraction of sp³-hybridized carbons (Fsp3) is 0.125. The van der Waals surface area contributed by atoms with E-state index in [4.69, 9.17) is 4.74 Å². The summed E-state index contributed by atoms with van der Waals surface area (Å²) in [6.45, 7) is -0.575. The van der Waals surface area contributed by atoms with Crippen molar-refractivity contribution in [3.05, 3.63) is 53.1 Å². The van der Waals surface area contributed by atoms with Gasteiger partial charge in [0, 0.05) is 5.56 Å². The number of aliphatic hydroxyl groups is 1. The van der Waals surface area contributed by atoms with Gasteiger partial charge in [-0.05, 0) is 11.6 Å². The Morgan fingerprint density at radius 1 is 1.09 bits per heavy atom. The number of ether oxygens (including phenoxy) is 1. The summed E-state index contributed by atoms with van der Waals surface area (Å²) in [5.74, 6) is -3.11. The van der Waals surface area contributed by atoms with Crippen LogP contribution in [0.25, 0.3) is 0 Å². The molecule has 0 saturated heterocycles. The van der Waals surface area contributed by atoms with Gasteiger partial charge in [-0.25, -0.2) is 0 Å². The molecule has 2 aromatic carbocycles. The average molecular weight is 300 g/mol. The normalized spacial score (nSPS) is 17.0. The summed E-state index contributed by atoms with van der Waals surface area (Å²) < 4.78 is 5.46. The minimum Gasteiger partial charge on any atom is -0.504 e. The van der Waals surface area contributed by atoms with Crippen LogP contribution in [0.15, 0.2) is 36.4 Å². The highest BCUT2D eigenvalue weighted by Crippen LogP contribution is 2.45. The molecule has 3 N–H and O–H groups in total. The zero-order chi connectivity index (χ0) is 15.9. The van der Waals surface area contributed by atoms with E-state index in [2.05, 4.69) is 0 Å². The van der Waals surface area contributed by atoms with E-state index in [0.29, 0.717) is 5.56 Å². The first kappa shape index (κ1) is 14.1. The summed E-state index contributed by atoms with van der Waals surface area (Å²) in [5.41, 5.74) is 0.268. The van der Waals surface area contributed by atoms with Gasteiger partial charge in [-0.3, -0.25) is 9.59 Å². The number of aliphatic hydroxyl groups excluding tert-OH is 1. The Balaban J connectivity index is 2.18. The molecule has 6 heteroatoms. The lowest BCUT2D eigenvalue weighted by Gasteiger charge is -2.26. The van der Waals surface area contributed by atoms with Crippen LogP contribution < -0.4 is 4.74 Å². The summed E-state index contributed by atoms with van der Waals surface area (Å²) in [7, 11) is 0. The Kier molecular flexibility index (Phi) is 3.30. The molecule has 0 fully saturated rings. The SMILES string of the molecule is O=C1C(=O)C(c2ccccc2)Oc2c(O)c(O)cc(CO)c21. The van der Waals surface area contributed by atoms with Gasteiger partial charge in [-0.1, -0.05) is 30.3 Å². The van der Waals surface area contributed by atoms with Gasteiger partial charge in [0.15, 0.2) is 17.6 Å². The Bertz CT molecular complexity index is 766. The number of hydrogen-bond acceptors (Lipinski definition) is 6. The van der Waals surface area contributed by atoms with Crippen LogP contribution in [0, 0.1) is 0 Å². The van der Waals surface area contributed by atoms with Crippen LogP contribution in [-0.2, 0) is 11.4 Å². The van der Waals surface area contributed by atoms with Gasteiger partial charge in [0.2, 0.25) is 17.3 Å². The van der Waals surface area contributed by atoms with Crippen molar-refractivity contribution < 1.29 is 29.6 Å². The Morgan fingerprint density at radius 2 is 1.77 bits per heavy atom. The highest BCUT2D eigenvalue weighted by molar-refractivity contribution is 6.47. The average Bonchev–Trinajstić information content (AvgIpc) is 2.54. The van der Waals surface area contributed by atoms with Gasteiger partial charge in [-0.15, -0.1) is 0 Å². The first-order chi connectivity index (χ1) is 10.5. The fourth-order valence-corrected chi connectivity index (χ4v) is 2.44. The largest absolute Gasteiger partial charge is 0.504 e. The molecule has 0 saturated carbocycles. The van der Waals surface area contributed by atoms with Crippen molar-refractivity contribution in [2.24, 2.45) is 0 Å². The maximum absolute atomic E-state index is 12.3. The first-order valence-corrected chi connectivity index (χ1v) is 6.53. The Morgan fingerprint density at radius 3 is 2.41 bits per heavy atom. The number of ketones is 2. The highest BCUT2D eigenvalue weighted by atomic mass is 16.5. The molecule has 112 valence electrons. The van der Waals surface area contributed by atoms with Gasteiger partial charge >= 0.3 is 0 Å². The van der Waals surface area contributed by atoms with Crippen LogP contribution in [0.2, 0.25) is 0 Å². The monoisotopic (exact) mass is 300 g/mol. The Labute approximate surface area is 125 Å². The second-order valence-corrected chi connectivity index (χ2v) is 4.87. The number of phenols is 2. The maximum Gasteiger partial charge on any atom is 0.248 e. The van der Waals surface area contributed by atoms with Gasteiger partial charge in [0.05, 0.1) is 12.2 Å². The van der Waals surface area contributed by atoms with Crippen molar-refractivity contribution in [3.8, 4) is 17.2 Å². The molecule has 0 aromatic heterocycles. The number of phenolic OH excluding ortho intramolecular Hbond substituents is 2. The molecule has 2 aromatic rings. The standard InChI is InChI=1S/C16H12O6/c17-7-9-6-10(18)12(19)16-11(9)13(20)14(21)15(22-16)8-4-2-1-3-5-8/h1-6,15,17-19H,7H2. The van der Waals surface area contributed by atoms with Crippen molar-refractivity contribution in [1.82, 2.24) is 0 Å². The third-order valence-corrected chi connectivity index (χ3v) is 3.51. The molecular formula is C16H12O6. The van der Waals surface area contributed by atoms with E-state index < -0.39 is 35.8 Å². The van der Waals surface area contributed by atoms with Crippen molar-refractivity contribution in [2.75, 3.05) is 0 Å². The number of fused-ring (bicyclic) bond motifs is 1. The summed E-state index contributed by atoms with van der Waals surface area (Å²) >= 11 is 0. The fourth-order valence-electron chi connectivity index (χ4n) is 2.44. The van der Waals surface area contributed by atoms with Crippen LogP contribution in [0.1, 0.15) is 27.6 Å². The molecule has 1 heterocycles. The van der Waals surface area contributed by atoms with Crippen LogP contribution in [0.4, 0.5) is 0 Å². The zero-order valence-corrected chi connectivity index (χ0v) is 11.3. The van der Waals surface area contributed by atoms with E-state index in [1.165, 1.54) is 0 Å². The molecule has 3 rings (SSSR count). The molecule has 0 radical (unpaired) electrons. The second-order valence-electron chi connectivity index (χ2n) is 4.87. The molecule has 0 bridgehead atoms. The van der Waals surface area contributed by atoms with Gasteiger partial charge < -0.3 is 20.1 Å². The lowest BCUT2D eigenvalue weighted by atomic mass is 9.91. The highest BCUT2D eigenvalue weighted by Gasteiger charge is 2.40. The lowest BCUT2D eigenvalue weighted by molar-refractivity contribution is -0.122. The van der Waals surface area contributed by atoms with E-state index in [-0.39, 0.29) is 16.9 Å². The summed E-state index contributed by atoms with van der Waals surface area (Å²) in [6, 6.07) is 9.40. The molecule has 6 nitrogen and oxygen atoms in total. The van der Waals surface area contributed by atoms with E-state index in [9.17, 15) is 24.9 Å². The molecule has 1 unspecified atom stereocenters. The van der Waals surface area contributed by atoms with Crippen LogP contribution in [0.5, 0.6) is 17.2 Å². The second kappa shape index (κ2) is 5.16. The minimum absolute atomic E-state index is 0.0233. The third-order valence-electron chi connectivity index (χ3n) is 3.51. The van der Waals surface area contributed by atoms with Gasteiger partial charge in [0.1, 0.15) is 0 Å². The van der Waals surface area contributed by atoms with Crippen molar-refractivity contribution in [1.29, 1.82) is 0 Å². The zero-order valence-electron chi connectivity index (χ0n) is 11.3. The van der Waals surface area contributed by atoms with Crippen molar-refractivity contribution in [2.45, 2.75) is 12.7 Å². The molecular weight excluding hydrogens is 288 g/mol. The number of carbonyl (C=O) groups is 2. The molecule has 22 heavy (non-hydrogen) atoms. The Hall–Kier alpha value is -2.86. The van der Waals surface area contributed by atoms with Gasteiger partial charge in [0.25, 0.3) is 0 Å². The van der Waals surface area contributed by atoms with Gasteiger partial charge in [-0.2, -0.15) is 0 Å². The molecule has 1 aliphatic rings. The van der Waals surface area contributed by atoms with Crippen LogP contribution in [-0.4, -0.2) is 26.9 Å². The topological polar surface area (TPSA) is 104 Å².